The molecule has 1 N–H and O–H groups in total. The lowest BCUT2D eigenvalue weighted by molar-refractivity contribution is -0.0700. The summed E-state index contributed by atoms with van der Waals surface area (Å²) in [4.78, 5) is 19.1. The first-order valence-corrected chi connectivity index (χ1v) is 16.1. The van der Waals surface area contributed by atoms with Crippen LogP contribution in [0.25, 0.3) is 11.0 Å². The molecule has 2 unspecified atom stereocenters. The molecule has 0 saturated carbocycles. The minimum atomic E-state index is -1.06. The zero-order valence-electron chi connectivity index (χ0n) is 26.0. The number of aromatic carboxylic acids is 1. The molecule has 4 aromatic rings. The molecule has 0 aliphatic carbocycles. The van der Waals surface area contributed by atoms with Gasteiger partial charge in [0, 0.05) is 37.1 Å². The zero-order valence-corrected chi connectivity index (χ0v) is 26.0. The van der Waals surface area contributed by atoms with Crippen molar-refractivity contribution in [3.63, 3.8) is 0 Å². The second-order valence-corrected chi connectivity index (χ2v) is 13.0. The number of fused-ring (bicyclic) bond motifs is 3. The third kappa shape index (κ3) is 4.77. The summed E-state index contributed by atoms with van der Waals surface area (Å²) in [6.45, 7) is 7.71. The van der Waals surface area contributed by atoms with Crippen LogP contribution in [-0.4, -0.2) is 57.4 Å². The molecular weight excluding hydrogens is 584 g/mol. The van der Waals surface area contributed by atoms with Gasteiger partial charge >= 0.3 is 5.97 Å². The number of carboxylic acid groups (broad SMARTS) is 1. The van der Waals surface area contributed by atoms with Gasteiger partial charge in [-0.3, -0.25) is 4.90 Å². The number of rotatable bonds is 7. The Balaban J connectivity index is 1.02. The molecule has 4 aliphatic rings. The lowest BCUT2D eigenvalue weighted by Crippen LogP contribution is -2.40. The fourth-order valence-corrected chi connectivity index (χ4v) is 7.52. The summed E-state index contributed by atoms with van der Waals surface area (Å²) < 4.78 is 27.1. The number of carbonyl (C=O) groups is 1. The molecule has 4 aliphatic heterocycles. The summed E-state index contributed by atoms with van der Waals surface area (Å²) in [7, 11) is 0. The average molecular weight is 621 g/mol. The molecule has 10 heteroatoms. The van der Waals surface area contributed by atoms with Crippen molar-refractivity contribution in [3.8, 4) is 23.3 Å². The van der Waals surface area contributed by atoms with Gasteiger partial charge in [-0.2, -0.15) is 5.26 Å². The van der Waals surface area contributed by atoms with Crippen molar-refractivity contribution in [1.82, 2.24) is 14.5 Å². The van der Waals surface area contributed by atoms with Crippen molar-refractivity contribution >= 4 is 17.0 Å². The fraction of sp³-hybridized carbons (Fsp3) is 0.417. The summed E-state index contributed by atoms with van der Waals surface area (Å²) in [5.74, 6) is 1.42. The van der Waals surface area contributed by atoms with Gasteiger partial charge in [-0.15, -0.1) is 0 Å². The smallest absolute Gasteiger partial charge is 0.335 e. The van der Waals surface area contributed by atoms with Gasteiger partial charge in [0.1, 0.15) is 11.6 Å². The molecule has 3 aromatic carbocycles. The minimum Gasteiger partial charge on any atom is -0.492 e. The van der Waals surface area contributed by atoms with Gasteiger partial charge in [-0.25, -0.2) is 9.78 Å². The number of piperidine rings is 1. The summed E-state index contributed by atoms with van der Waals surface area (Å²) in [6, 6.07) is 17.6. The second kappa shape index (κ2) is 11.0. The van der Waals surface area contributed by atoms with Crippen LogP contribution in [0.4, 0.5) is 0 Å². The molecule has 46 heavy (non-hydrogen) atoms. The molecule has 2 fully saturated rings. The predicted octanol–water partition coefficient (Wildman–Crippen LogP) is 5.74. The molecule has 0 radical (unpaired) electrons. The van der Waals surface area contributed by atoms with Crippen LogP contribution >= 0.6 is 0 Å². The normalized spacial score (nSPS) is 25.1. The third-order valence-electron chi connectivity index (χ3n) is 10.1. The standard InChI is InChI=1S/C36H36N4O6/c1-21-16-22(10-13-39(21)20-32-38-29-9-7-23(35(41)42)17-30(29)40(32)19-25-11-14-43-25)26-4-3-5-31-34(26)46-36(2,45-31)28-8-6-24(18-37)27-12-15-44-33(27)28/h3-9,17,21-22,25H,10-16,19-20H2,1-2H3,(H,41,42)/t21-,22?,25-,36?/m0/s1. The minimum absolute atomic E-state index is 0.123. The molecule has 2 saturated heterocycles. The van der Waals surface area contributed by atoms with E-state index in [0.717, 1.165) is 77.5 Å². The highest BCUT2D eigenvalue weighted by molar-refractivity contribution is 5.92. The van der Waals surface area contributed by atoms with Crippen LogP contribution in [0.2, 0.25) is 0 Å². The van der Waals surface area contributed by atoms with E-state index in [0.29, 0.717) is 37.4 Å². The Labute approximate surface area is 267 Å². The highest BCUT2D eigenvalue weighted by Crippen LogP contribution is 2.52. The van der Waals surface area contributed by atoms with Crippen LogP contribution in [0.5, 0.6) is 17.2 Å². The van der Waals surface area contributed by atoms with Gasteiger partial charge in [-0.1, -0.05) is 12.1 Å². The summed E-state index contributed by atoms with van der Waals surface area (Å²) >= 11 is 0. The van der Waals surface area contributed by atoms with Gasteiger partial charge in [0.25, 0.3) is 5.79 Å². The number of likely N-dealkylation sites (tertiary alicyclic amines) is 1. The van der Waals surface area contributed by atoms with Crippen molar-refractivity contribution in [1.29, 1.82) is 5.26 Å². The van der Waals surface area contributed by atoms with E-state index in [-0.39, 0.29) is 23.6 Å². The quantitative estimate of drug-likeness (QED) is 0.276. The first kappa shape index (κ1) is 28.9. The van der Waals surface area contributed by atoms with Crippen LogP contribution in [0.15, 0.2) is 48.5 Å². The largest absolute Gasteiger partial charge is 0.492 e. The van der Waals surface area contributed by atoms with E-state index < -0.39 is 11.8 Å². The summed E-state index contributed by atoms with van der Waals surface area (Å²) in [5.41, 5.74) is 5.41. The molecule has 236 valence electrons. The van der Waals surface area contributed by atoms with Gasteiger partial charge in [0.15, 0.2) is 11.5 Å². The molecule has 10 nitrogen and oxygen atoms in total. The molecule has 0 spiro atoms. The molecule has 0 amide bonds. The average Bonchev–Trinajstić information content (AvgIpc) is 3.74. The first-order chi connectivity index (χ1) is 22.3. The number of carboxylic acids is 1. The number of para-hydroxylation sites is 1. The molecule has 1 aromatic heterocycles. The maximum absolute atomic E-state index is 11.7. The first-order valence-electron chi connectivity index (χ1n) is 16.1. The van der Waals surface area contributed by atoms with Crippen LogP contribution in [0.3, 0.4) is 0 Å². The Morgan fingerprint density at radius 2 is 2.00 bits per heavy atom. The van der Waals surface area contributed by atoms with Gasteiger partial charge in [0.05, 0.1) is 59.6 Å². The highest BCUT2D eigenvalue weighted by Gasteiger charge is 2.45. The number of hydrogen-bond donors (Lipinski definition) is 1. The number of nitriles is 1. The molecule has 8 rings (SSSR count). The number of imidazole rings is 1. The zero-order chi connectivity index (χ0) is 31.6. The Bertz CT molecular complexity index is 1910. The van der Waals surface area contributed by atoms with E-state index >= 15 is 0 Å². The van der Waals surface area contributed by atoms with Crippen LogP contribution in [0, 0.1) is 11.3 Å². The van der Waals surface area contributed by atoms with E-state index in [9.17, 15) is 15.2 Å². The predicted molar refractivity (Wildman–Crippen MR) is 168 cm³/mol. The SMILES string of the molecule is C[C@H]1CC(c2cccc3c2OC(C)(c2ccc(C#N)c4c2OCC4)O3)CCN1Cc1nc2ccc(C(=O)O)cc2n1C[C@@H]1CCO1. The number of benzene rings is 3. The van der Waals surface area contributed by atoms with Crippen LogP contribution in [-0.2, 0) is 30.0 Å². The molecular formula is C36H36N4O6. The molecule has 4 atom stereocenters. The maximum atomic E-state index is 11.7. The van der Waals surface area contributed by atoms with E-state index in [1.54, 1.807) is 18.2 Å². The van der Waals surface area contributed by atoms with Crippen LogP contribution < -0.4 is 14.2 Å². The maximum Gasteiger partial charge on any atom is 0.335 e. The number of aromatic nitrogens is 2. The van der Waals surface area contributed by atoms with Gasteiger partial charge in [0.2, 0.25) is 0 Å². The lowest BCUT2D eigenvalue weighted by Gasteiger charge is -2.38. The summed E-state index contributed by atoms with van der Waals surface area (Å²) in [6.07, 6.45) is 3.71. The van der Waals surface area contributed by atoms with Crippen LogP contribution in [0.1, 0.15) is 77.5 Å². The third-order valence-corrected chi connectivity index (χ3v) is 10.1. The van der Waals surface area contributed by atoms with E-state index in [4.69, 9.17) is 23.9 Å². The van der Waals surface area contributed by atoms with Crippen molar-refractivity contribution in [3.05, 3.63) is 82.2 Å². The Kier molecular flexibility index (Phi) is 6.92. The monoisotopic (exact) mass is 620 g/mol. The van der Waals surface area contributed by atoms with Crippen molar-refractivity contribution in [2.45, 2.75) is 76.5 Å². The Morgan fingerprint density at radius 1 is 1.13 bits per heavy atom. The number of hydrogen-bond acceptors (Lipinski definition) is 8. The van der Waals surface area contributed by atoms with E-state index in [1.165, 1.54) is 0 Å². The Morgan fingerprint density at radius 3 is 2.76 bits per heavy atom. The summed E-state index contributed by atoms with van der Waals surface area (Å²) in [5, 5.41) is 19.2. The number of ether oxygens (including phenoxy) is 4. The number of nitrogens with zero attached hydrogens (tertiary/aromatic N) is 4. The molecule has 5 heterocycles. The lowest BCUT2D eigenvalue weighted by atomic mass is 9.85. The highest BCUT2D eigenvalue weighted by atomic mass is 16.7. The van der Waals surface area contributed by atoms with Gasteiger partial charge in [-0.05, 0) is 75.0 Å². The fourth-order valence-electron chi connectivity index (χ4n) is 7.52. The van der Waals surface area contributed by atoms with Crippen molar-refractivity contribution in [2.24, 2.45) is 0 Å². The van der Waals surface area contributed by atoms with Crippen molar-refractivity contribution in [2.75, 3.05) is 19.8 Å². The molecule has 0 bridgehead atoms. The Hall–Kier alpha value is -4.59. The van der Waals surface area contributed by atoms with E-state index in [1.807, 2.05) is 31.2 Å². The second-order valence-electron chi connectivity index (χ2n) is 13.0. The van der Waals surface area contributed by atoms with E-state index in [2.05, 4.69) is 28.5 Å². The van der Waals surface area contributed by atoms with Crippen molar-refractivity contribution < 1.29 is 28.8 Å². The van der Waals surface area contributed by atoms with Gasteiger partial charge < -0.3 is 28.6 Å². The topological polar surface area (TPSA) is 119 Å².